The lowest BCUT2D eigenvalue weighted by molar-refractivity contribution is 0.0959. The van der Waals surface area contributed by atoms with Crippen LogP contribution in [0.3, 0.4) is 0 Å². The van der Waals surface area contributed by atoms with Crippen molar-refractivity contribution in [3.05, 3.63) is 91.7 Å². The molecule has 32 heavy (non-hydrogen) atoms. The van der Waals surface area contributed by atoms with E-state index in [4.69, 9.17) is 16.3 Å². The highest BCUT2D eigenvalue weighted by atomic mass is 79.9. The zero-order chi connectivity index (χ0) is 22.4. The first-order chi connectivity index (χ1) is 15.4. The predicted octanol–water partition coefficient (Wildman–Crippen LogP) is 5.65. The van der Waals surface area contributed by atoms with E-state index in [9.17, 15) is 14.0 Å². The van der Waals surface area contributed by atoms with Crippen molar-refractivity contribution in [2.24, 2.45) is 0 Å². The first-order valence-electron chi connectivity index (χ1n) is 10.1. The maximum atomic E-state index is 14.0. The lowest BCUT2D eigenvalue weighted by Gasteiger charge is -2.21. The number of anilines is 1. The van der Waals surface area contributed by atoms with Crippen molar-refractivity contribution in [2.45, 2.75) is 18.9 Å². The summed E-state index contributed by atoms with van der Waals surface area (Å²) in [5.74, 6) is -0.570. The lowest BCUT2D eigenvalue weighted by atomic mass is 9.96. The minimum absolute atomic E-state index is 0.315. The van der Waals surface area contributed by atoms with E-state index in [2.05, 4.69) is 26.6 Å². The Morgan fingerprint density at radius 3 is 2.91 bits per heavy atom. The van der Waals surface area contributed by atoms with Crippen molar-refractivity contribution in [1.82, 2.24) is 5.32 Å². The highest BCUT2D eigenvalue weighted by Crippen LogP contribution is 2.41. The van der Waals surface area contributed by atoms with Gasteiger partial charge in [-0.1, -0.05) is 39.7 Å². The standard InChI is InChI=1S/C24H17BrClFN2O3/c25-13-9-17-20(21(29-24(17)31)16-11-14(27)6-7-18(16)26)19(10-13)28-23(30)15-5-1-3-12-4-2-8-32-22(12)15/h1,3,5-7,9-11,21H,2,4,8H2,(H,28,30)(H,29,31). The molecule has 0 saturated carbocycles. The van der Waals surface area contributed by atoms with Crippen molar-refractivity contribution in [3.63, 3.8) is 0 Å². The molecule has 1 atom stereocenters. The average molecular weight is 516 g/mol. The molecule has 162 valence electrons. The number of aryl methyl sites for hydroxylation is 1. The first-order valence-corrected chi connectivity index (χ1v) is 11.2. The molecule has 0 spiro atoms. The number of fused-ring (bicyclic) bond motifs is 2. The molecule has 2 amide bonds. The number of amides is 2. The predicted molar refractivity (Wildman–Crippen MR) is 123 cm³/mol. The number of para-hydroxylation sites is 1. The third-order valence-electron chi connectivity index (χ3n) is 5.65. The van der Waals surface area contributed by atoms with E-state index < -0.39 is 11.9 Å². The van der Waals surface area contributed by atoms with Gasteiger partial charge in [0.05, 0.1) is 18.2 Å². The van der Waals surface area contributed by atoms with E-state index in [0.29, 0.717) is 49.8 Å². The van der Waals surface area contributed by atoms with Crippen LogP contribution in [0.2, 0.25) is 5.02 Å². The molecule has 8 heteroatoms. The molecular formula is C24H17BrClFN2O3. The molecule has 2 aliphatic heterocycles. The van der Waals surface area contributed by atoms with E-state index in [1.54, 1.807) is 18.2 Å². The zero-order valence-corrected chi connectivity index (χ0v) is 19.0. The number of ether oxygens (including phenoxy) is 1. The largest absolute Gasteiger partial charge is 0.492 e. The van der Waals surface area contributed by atoms with Crippen molar-refractivity contribution in [1.29, 1.82) is 0 Å². The fourth-order valence-electron chi connectivity index (χ4n) is 4.23. The summed E-state index contributed by atoms with van der Waals surface area (Å²) in [6.07, 6.45) is 1.75. The summed E-state index contributed by atoms with van der Waals surface area (Å²) in [5, 5.41) is 6.09. The normalized spacial score (nSPS) is 16.6. The Balaban J connectivity index is 1.58. The second kappa shape index (κ2) is 8.22. The van der Waals surface area contributed by atoms with E-state index >= 15 is 0 Å². The van der Waals surface area contributed by atoms with Gasteiger partial charge in [-0.15, -0.1) is 0 Å². The second-order valence-corrected chi connectivity index (χ2v) is 9.01. The molecular weight excluding hydrogens is 499 g/mol. The number of carbonyl (C=O) groups is 2. The van der Waals surface area contributed by atoms with Gasteiger partial charge in [0.2, 0.25) is 0 Å². The van der Waals surface area contributed by atoms with Gasteiger partial charge in [-0.2, -0.15) is 0 Å². The van der Waals surface area contributed by atoms with Crippen LogP contribution in [0.4, 0.5) is 10.1 Å². The molecule has 5 nitrogen and oxygen atoms in total. The molecule has 0 saturated heterocycles. The Kier molecular flexibility index (Phi) is 5.39. The minimum atomic E-state index is -0.704. The minimum Gasteiger partial charge on any atom is -0.492 e. The Labute approximate surface area is 197 Å². The molecule has 3 aromatic rings. The Hall–Kier alpha value is -2.90. The molecule has 0 aliphatic carbocycles. The Morgan fingerprint density at radius 1 is 1.22 bits per heavy atom. The van der Waals surface area contributed by atoms with Crippen LogP contribution in [0.15, 0.2) is 53.0 Å². The number of carbonyl (C=O) groups excluding carboxylic acids is 2. The van der Waals surface area contributed by atoms with Crippen molar-refractivity contribution >= 4 is 45.0 Å². The van der Waals surface area contributed by atoms with Crippen LogP contribution in [0, 0.1) is 5.82 Å². The number of hydrogen-bond donors (Lipinski definition) is 2. The average Bonchev–Trinajstić information content (AvgIpc) is 3.11. The summed E-state index contributed by atoms with van der Waals surface area (Å²) in [4.78, 5) is 25.9. The van der Waals surface area contributed by atoms with E-state index in [1.807, 2.05) is 12.1 Å². The van der Waals surface area contributed by atoms with Gasteiger partial charge in [0.15, 0.2) is 0 Å². The topological polar surface area (TPSA) is 67.4 Å². The number of hydrogen-bond acceptors (Lipinski definition) is 3. The maximum absolute atomic E-state index is 14.0. The first kappa shape index (κ1) is 21.0. The zero-order valence-electron chi connectivity index (χ0n) is 16.7. The van der Waals surface area contributed by atoms with Crippen LogP contribution < -0.4 is 15.4 Å². The van der Waals surface area contributed by atoms with Gasteiger partial charge >= 0.3 is 0 Å². The fraction of sp³-hybridized carbons (Fsp3) is 0.167. The summed E-state index contributed by atoms with van der Waals surface area (Å²) in [6, 6.07) is 12.2. The van der Waals surface area contributed by atoms with Gasteiger partial charge < -0.3 is 15.4 Å². The third-order valence-corrected chi connectivity index (χ3v) is 6.45. The van der Waals surface area contributed by atoms with Crippen LogP contribution in [0.25, 0.3) is 0 Å². The fourth-order valence-corrected chi connectivity index (χ4v) is 4.91. The summed E-state index contributed by atoms with van der Waals surface area (Å²) < 4.78 is 20.4. The molecule has 2 heterocycles. The van der Waals surface area contributed by atoms with Crippen molar-refractivity contribution < 1.29 is 18.7 Å². The van der Waals surface area contributed by atoms with E-state index in [-0.39, 0.29) is 11.8 Å². The van der Waals surface area contributed by atoms with Gasteiger partial charge in [0.1, 0.15) is 11.6 Å². The van der Waals surface area contributed by atoms with Crippen LogP contribution in [0.5, 0.6) is 5.75 Å². The summed E-state index contributed by atoms with van der Waals surface area (Å²) in [6.45, 7) is 0.558. The summed E-state index contributed by atoms with van der Waals surface area (Å²) in [5.41, 5.74) is 3.17. The smallest absolute Gasteiger partial charge is 0.259 e. The molecule has 0 radical (unpaired) electrons. The molecule has 0 fully saturated rings. The van der Waals surface area contributed by atoms with Crippen LogP contribution >= 0.6 is 27.5 Å². The molecule has 0 bridgehead atoms. The number of rotatable bonds is 3. The monoisotopic (exact) mass is 514 g/mol. The molecule has 1 unspecified atom stereocenters. The lowest BCUT2D eigenvalue weighted by Crippen LogP contribution is -2.21. The van der Waals surface area contributed by atoms with Gasteiger partial charge in [-0.3, -0.25) is 9.59 Å². The second-order valence-electron chi connectivity index (χ2n) is 7.69. The summed E-state index contributed by atoms with van der Waals surface area (Å²) in [7, 11) is 0. The maximum Gasteiger partial charge on any atom is 0.259 e. The highest BCUT2D eigenvalue weighted by molar-refractivity contribution is 9.10. The molecule has 2 N–H and O–H groups in total. The number of halogens is 3. The number of nitrogens with one attached hydrogen (secondary N) is 2. The van der Waals surface area contributed by atoms with Crippen LogP contribution in [0.1, 0.15) is 49.9 Å². The van der Waals surface area contributed by atoms with Gasteiger partial charge in [0, 0.05) is 31.9 Å². The molecule has 0 aromatic heterocycles. The molecule has 2 aliphatic rings. The van der Waals surface area contributed by atoms with Crippen LogP contribution in [-0.2, 0) is 6.42 Å². The van der Waals surface area contributed by atoms with Crippen LogP contribution in [-0.4, -0.2) is 18.4 Å². The summed E-state index contributed by atoms with van der Waals surface area (Å²) >= 11 is 9.73. The quantitative estimate of drug-likeness (QED) is 0.474. The van der Waals surface area contributed by atoms with Crippen molar-refractivity contribution in [2.75, 3.05) is 11.9 Å². The third kappa shape index (κ3) is 3.65. The molecule has 3 aromatic carbocycles. The number of benzene rings is 3. The molecule has 5 rings (SSSR count). The van der Waals surface area contributed by atoms with E-state index in [1.165, 1.54) is 18.2 Å². The Bertz CT molecular complexity index is 1280. The van der Waals surface area contributed by atoms with E-state index in [0.717, 1.165) is 18.4 Å². The highest BCUT2D eigenvalue weighted by Gasteiger charge is 2.35. The van der Waals surface area contributed by atoms with Crippen molar-refractivity contribution in [3.8, 4) is 5.75 Å². The SMILES string of the molecule is O=C(Nc1cc(Br)cc2c1C(c1cc(F)ccc1Cl)NC2=O)c1cccc2c1OCCC2. The van der Waals surface area contributed by atoms with Gasteiger partial charge in [-0.05, 0) is 54.8 Å². The van der Waals surface area contributed by atoms with Gasteiger partial charge in [-0.25, -0.2) is 4.39 Å². The Morgan fingerprint density at radius 2 is 2.06 bits per heavy atom. The van der Waals surface area contributed by atoms with Gasteiger partial charge in [0.25, 0.3) is 11.8 Å².